The van der Waals surface area contributed by atoms with Crippen LogP contribution in [0.5, 0.6) is 0 Å². The normalized spacial score (nSPS) is 17.1. The molecule has 0 atom stereocenters. The van der Waals surface area contributed by atoms with E-state index in [-0.39, 0.29) is 36.7 Å². The van der Waals surface area contributed by atoms with Crippen LogP contribution in [-0.4, -0.2) is 42.0 Å². The SMILES string of the molecule is O=S(=O)(O)c1cc(NCc2cc(C(F)(F)F)cnc2N2CCC(F)(F)CC2)ccn1. The minimum absolute atomic E-state index is 0.0689. The van der Waals surface area contributed by atoms with Crippen molar-refractivity contribution < 1.29 is 34.9 Å². The van der Waals surface area contributed by atoms with E-state index in [1.165, 1.54) is 11.0 Å². The molecule has 1 saturated heterocycles. The minimum atomic E-state index is -4.65. The summed E-state index contributed by atoms with van der Waals surface area (Å²) in [7, 11) is -4.56. The molecule has 1 fully saturated rings. The Morgan fingerprint density at radius 1 is 1.17 bits per heavy atom. The van der Waals surface area contributed by atoms with Gasteiger partial charge in [-0.15, -0.1) is 0 Å². The Bertz CT molecular complexity index is 1020. The van der Waals surface area contributed by atoms with Gasteiger partial charge in [0.2, 0.25) is 0 Å². The first-order valence-corrected chi connectivity index (χ1v) is 10.2. The van der Waals surface area contributed by atoms with E-state index in [1.54, 1.807) is 0 Å². The molecule has 0 aliphatic carbocycles. The van der Waals surface area contributed by atoms with Gasteiger partial charge in [-0.1, -0.05) is 0 Å². The summed E-state index contributed by atoms with van der Waals surface area (Å²) in [5, 5.41) is 2.12. The highest BCUT2D eigenvalue weighted by molar-refractivity contribution is 7.85. The van der Waals surface area contributed by atoms with Crippen LogP contribution in [0, 0.1) is 0 Å². The number of hydrogen-bond acceptors (Lipinski definition) is 6. The summed E-state index contributed by atoms with van der Waals surface area (Å²) in [6, 6.07) is 3.24. The fourth-order valence-electron chi connectivity index (χ4n) is 2.98. The molecule has 1 aliphatic rings. The first kappa shape index (κ1) is 22.2. The molecular formula is C17H17F5N4O3S. The van der Waals surface area contributed by atoms with Gasteiger partial charge in [-0.05, 0) is 12.1 Å². The lowest BCUT2D eigenvalue weighted by molar-refractivity contribution is -0.137. The van der Waals surface area contributed by atoms with Crippen LogP contribution in [0.3, 0.4) is 0 Å². The zero-order valence-electron chi connectivity index (χ0n) is 15.3. The van der Waals surface area contributed by atoms with Crippen molar-refractivity contribution in [3.05, 3.63) is 41.7 Å². The van der Waals surface area contributed by atoms with E-state index in [0.717, 1.165) is 18.3 Å². The molecule has 0 bridgehead atoms. The Kier molecular flexibility index (Phi) is 5.87. The van der Waals surface area contributed by atoms with Gasteiger partial charge in [0.25, 0.3) is 5.92 Å². The van der Waals surface area contributed by atoms with E-state index in [4.69, 9.17) is 4.55 Å². The van der Waals surface area contributed by atoms with Crippen molar-refractivity contribution in [1.29, 1.82) is 0 Å². The number of nitrogens with zero attached hydrogens (tertiary/aromatic N) is 3. The molecule has 0 aromatic carbocycles. The predicted molar refractivity (Wildman–Crippen MR) is 97.0 cm³/mol. The van der Waals surface area contributed by atoms with Crippen molar-refractivity contribution in [2.24, 2.45) is 0 Å². The van der Waals surface area contributed by atoms with E-state index in [2.05, 4.69) is 15.3 Å². The molecule has 0 radical (unpaired) electrons. The molecule has 1 aliphatic heterocycles. The number of aromatic nitrogens is 2. The van der Waals surface area contributed by atoms with Gasteiger partial charge in [-0.3, -0.25) is 4.55 Å². The van der Waals surface area contributed by atoms with Crippen LogP contribution < -0.4 is 10.2 Å². The van der Waals surface area contributed by atoms with Gasteiger partial charge in [0.1, 0.15) is 5.82 Å². The van der Waals surface area contributed by atoms with Crippen molar-refractivity contribution in [1.82, 2.24) is 9.97 Å². The lowest BCUT2D eigenvalue weighted by Crippen LogP contribution is -2.40. The van der Waals surface area contributed by atoms with E-state index < -0.39 is 45.6 Å². The van der Waals surface area contributed by atoms with E-state index in [0.29, 0.717) is 6.20 Å². The average molecular weight is 452 g/mol. The van der Waals surface area contributed by atoms with Crippen LogP contribution in [0.4, 0.5) is 33.5 Å². The quantitative estimate of drug-likeness (QED) is 0.529. The van der Waals surface area contributed by atoms with Gasteiger partial charge in [0, 0.05) is 62.2 Å². The third-order valence-corrected chi connectivity index (χ3v) is 5.30. The molecule has 0 unspecified atom stereocenters. The lowest BCUT2D eigenvalue weighted by atomic mass is 10.1. The van der Waals surface area contributed by atoms with Crippen LogP contribution >= 0.6 is 0 Å². The smallest absolute Gasteiger partial charge is 0.381 e. The summed E-state index contributed by atoms with van der Waals surface area (Å²) in [6.07, 6.45) is -3.78. The number of nitrogens with one attached hydrogen (secondary N) is 1. The fraction of sp³-hybridized carbons (Fsp3) is 0.412. The average Bonchev–Trinajstić information content (AvgIpc) is 2.65. The molecule has 30 heavy (non-hydrogen) atoms. The van der Waals surface area contributed by atoms with Crippen molar-refractivity contribution in [2.45, 2.75) is 36.5 Å². The number of rotatable bonds is 5. The van der Waals surface area contributed by atoms with E-state index >= 15 is 0 Å². The molecule has 2 N–H and O–H groups in total. The van der Waals surface area contributed by atoms with Crippen LogP contribution in [0.15, 0.2) is 35.6 Å². The molecule has 13 heteroatoms. The van der Waals surface area contributed by atoms with Crippen molar-refractivity contribution in [3.8, 4) is 0 Å². The second-order valence-corrected chi connectivity index (χ2v) is 8.13. The number of pyridine rings is 2. The van der Waals surface area contributed by atoms with Gasteiger partial charge in [-0.25, -0.2) is 18.7 Å². The van der Waals surface area contributed by atoms with E-state index in [1.807, 2.05) is 0 Å². The minimum Gasteiger partial charge on any atom is -0.381 e. The van der Waals surface area contributed by atoms with Gasteiger partial charge in [0.15, 0.2) is 5.03 Å². The summed E-state index contributed by atoms with van der Waals surface area (Å²) in [6.45, 7) is -0.338. The van der Waals surface area contributed by atoms with E-state index in [9.17, 15) is 30.4 Å². The number of piperidine rings is 1. The van der Waals surface area contributed by atoms with Crippen molar-refractivity contribution in [3.63, 3.8) is 0 Å². The van der Waals surface area contributed by atoms with Gasteiger partial charge in [0.05, 0.1) is 5.56 Å². The molecular weight excluding hydrogens is 435 g/mol. The van der Waals surface area contributed by atoms with Crippen LogP contribution in [0.2, 0.25) is 0 Å². The zero-order valence-corrected chi connectivity index (χ0v) is 16.1. The number of halogens is 5. The maximum absolute atomic E-state index is 13.4. The number of anilines is 2. The van der Waals surface area contributed by atoms with Crippen LogP contribution in [0.25, 0.3) is 0 Å². The number of alkyl halides is 5. The highest BCUT2D eigenvalue weighted by Crippen LogP contribution is 2.34. The molecule has 164 valence electrons. The molecule has 7 nitrogen and oxygen atoms in total. The third kappa shape index (κ3) is 5.33. The molecule has 3 rings (SSSR count). The standard InChI is InChI=1S/C17H17F5N4O3S/c18-16(19)2-5-26(6-3-16)15-11(7-12(10-25-15)17(20,21)22)9-24-13-1-4-23-14(8-13)30(27,28)29/h1,4,7-8,10H,2-3,5-6,9H2,(H,23,24)(H,27,28,29). The summed E-state index contributed by atoms with van der Waals surface area (Å²) in [4.78, 5) is 8.85. The first-order chi connectivity index (χ1) is 13.9. The highest BCUT2D eigenvalue weighted by atomic mass is 32.2. The van der Waals surface area contributed by atoms with Gasteiger partial charge in [-0.2, -0.15) is 21.6 Å². The van der Waals surface area contributed by atoms with Crippen molar-refractivity contribution >= 4 is 21.6 Å². The Labute approximate surface area is 168 Å². The van der Waals surface area contributed by atoms with Gasteiger partial charge >= 0.3 is 16.3 Å². The first-order valence-electron chi connectivity index (χ1n) is 8.71. The maximum Gasteiger partial charge on any atom is 0.417 e. The van der Waals surface area contributed by atoms with Gasteiger partial charge < -0.3 is 10.2 Å². The number of hydrogen-bond donors (Lipinski definition) is 2. The maximum atomic E-state index is 13.4. The Morgan fingerprint density at radius 2 is 1.83 bits per heavy atom. The monoisotopic (exact) mass is 452 g/mol. The fourth-order valence-corrected chi connectivity index (χ4v) is 3.45. The zero-order chi connectivity index (χ0) is 22.2. The molecule has 0 spiro atoms. The largest absolute Gasteiger partial charge is 0.417 e. The van der Waals surface area contributed by atoms with Crippen molar-refractivity contribution in [2.75, 3.05) is 23.3 Å². The molecule has 3 heterocycles. The second-order valence-electron chi connectivity index (χ2n) is 6.76. The lowest BCUT2D eigenvalue weighted by Gasteiger charge is -2.33. The summed E-state index contributed by atoms with van der Waals surface area (Å²) < 4.78 is 97.7. The molecule has 2 aromatic rings. The Morgan fingerprint density at radius 3 is 2.43 bits per heavy atom. The van der Waals surface area contributed by atoms with Crippen LogP contribution in [-0.2, 0) is 22.8 Å². The molecule has 0 saturated carbocycles. The second kappa shape index (κ2) is 7.95. The Balaban J connectivity index is 1.88. The van der Waals surface area contributed by atoms with Crippen LogP contribution in [0.1, 0.15) is 24.0 Å². The summed E-state index contributed by atoms with van der Waals surface area (Å²) in [5.74, 6) is -2.70. The molecule has 2 aromatic heterocycles. The highest BCUT2D eigenvalue weighted by Gasteiger charge is 2.36. The predicted octanol–water partition coefficient (Wildman–Crippen LogP) is 3.59. The third-order valence-electron chi connectivity index (χ3n) is 4.55. The molecule has 0 amide bonds. The summed E-state index contributed by atoms with van der Waals surface area (Å²) in [5.41, 5.74) is -0.731. The summed E-state index contributed by atoms with van der Waals surface area (Å²) >= 11 is 0. The topological polar surface area (TPSA) is 95.4 Å². The Hall–Kier alpha value is -2.54.